The number of carbonyl (C=O) groups excluding carboxylic acids is 2. The van der Waals surface area contributed by atoms with Gasteiger partial charge in [0.1, 0.15) is 18.0 Å². The number of benzene rings is 2. The first kappa shape index (κ1) is 22.6. The second kappa shape index (κ2) is 9.84. The summed E-state index contributed by atoms with van der Waals surface area (Å²) >= 11 is 0. The molecule has 166 valence electrons. The molecule has 0 atom stereocenters. The molecule has 0 saturated heterocycles. The average Bonchev–Trinajstić information content (AvgIpc) is 3.02. The molecule has 0 fully saturated rings. The summed E-state index contributed by atoms with van der Waals surface area (Å²) in [4.78, 5) is 35.0. The first-order valence-corrected chi connectivity index (χ1v) is 9.76. The Balaban J connectivity index is 1.67. The minimum absolute atomic E-state index is 0.0154. The number of nitrogens with one attached hydrogen (secondary N) is 2. The van der Waals surface area contributed by atoms with Crippen molar-refractivity contribution in [2.75, 3.05) is 24.4 Å². The third kappa shape index (κ3) is 5.35. The predicted octanol–water partition coefficient (Wildman–Crippen LogP) is 3.29. The fourth-order valence-electron chi connectivity index (χ4n) is 3.25. The van der Waals surface area contributed by atoms with Crippen LogP contribution in [0.1, 0.15) is 27.3 Å². The molecule has 1 heterocycles. The van der Waals surface area contributed by atoms with Gasteiger partial charge in [-0.1, -0.05) is 18.2 Å². The number of carbonyl (C=O) groups is 2. The van der Waals surface area contributed by atoms with Crippen molar-refractivity contribution in [3.63, 3.8) is 0 Å². The fraction of sp³-hybridized carbons (Fsp3) is 0.227. The van der Waals surface area contributed by atoms with Crippen molar-refractivity contribution in [1.29, 1.82) is 0 Å². The molecule has 10 heteroatoms. The Labute approximate surface area is 184 Å². The van der Waals surface area contributed by atoms with Crippen LogP contribution < -0.4 is 10.6 Å². The minimum Gasteiger partial charge on any atom is -0.375 e. The molecule has 1 aromatic heterocycles. The molecule has 0 spiro atoms. The van der Waals surface area contributed by atoms with E-state index < -0.39 is 4.92 Å². The highest BCUT2D eigenvalue weighted by Gasteiger charge is 2.21. The quantitative estimate of drug-likeness (QED) is 0.411. The lowest BCUT2D eigenvalue weighted by Gasteiger charge is -2.09. The standard InChI is InChI=1S/C22H23N5O5/c1-14-21(27(30)31)15(2)26(25-14)12-16-7-9-17(10-8-16)22(29)24-19-6-4-5-18(11-19)23-20(28)13-32-3/h4-11H,12-13H2,1-3H3,(H,23,28)(H,24,29). The normalized spacial score (nSPS) is 10.6. The van der Waals surface area contributed by atoms with E-state index in [2.05, 4.69) is 15.7 Å². The lowest BCUT2D eigenvalue weighted by atomic mass is 10.1. The molecule has 3 rings (SSSR count). The first-order valence-electron chi connectivity index (χ1n) is 9.76. The summed E-state index contributed by atoms with van der Waals surface area (Å²) in [7, 11) is 1.43. The summed E-state index contributed by atoms with van der Waals surface area (Å²) in [5, 5.41) is 20.9. The molecular weight excluding hydrogens is 414 g/mol. The van der Waals surface area contributed by atoms with Crippen LogP contribution in [0.2, 0.25) is 0 Å². The molecule has 2 amide bonds. The Kier molecular flexibility index (Phi) is 6.96. The number of nitrogens with zero attached hydrogens (tertiary/aromatic N) is 3. The molecule has 0 unspecified atom stereocenters. The van der Waals surface area contributed by atoms with Gasteiger partial charge in [-0.3, -0.25) is 24.4 Å². The molecule has 2 N–H and O–H groups in total. The highest BCUT2D eigenvalue weighted by molar-refractivity contribution is 6.04. The van der Waals surface area contributed by atoms with Gasteiger partial charge in [0.05, 0.1) is 11.5 Å². The molecule has 10 nitrogen and oxygen atoms in total. The molecule has 0 radical (unpaired) electrons. The van der Waals surface area contributed by atoms with Crippen molar-refractivity contribution in [3.8, 4) is 0 Å². The van der Waals surface area contributed by atoms with Gasteiger partial charge in [-0.05, 0) is 49.7 Å². The van der Waals surface area contributed by atoms with Crippen molar-refractivity contribution < 1.29 is 19.2 Å². The average molecular weight is 437 g/mol. The van der Waals surface area contributed by atoms with E-state index in [0.717, 1.165) is 5.56 Å². The second-order valence-electron chi connectivity index (χ2n) is 7.15. The molecule has 0 aliphatic heterocycles. The van der Waals surface area contributed by atoms with Crippen LogP contribution in [0.15, 0.2) is 48.5 Å². The Morgan fingerprint density at radius 3 is 2.34 bits per heavy atom. The maximum atomic E-state index is 12.6. The van der Waals surface area contributed by atoms with Crippen LogP contribution in [-0.4, -0.2) is 40.2 Å². The zero-order chi connectivity index (χ0) is 23.3. The van der Waals surface area contributed by atoms with Crippen LogP contribution in [0.25, 0.3) is 0 Å². The lowest BCUT2D eigenvalue weighted by Crippen LogP contribution is -2.17. The summed E-state index contributed by atoms with van der Waals surface area (Å²) in [6.07, 6.45) is 0. The van der Waals surface area contributed by atoms with E-state index >= 15 is 0 Å². The minimum atomic E-state index is -0.431. The maximum absolute atomic E-state index is 12.6. The van der Waals surface area contributed by atoms with Crippen LogP contribution >= 0.6 is 0 Å². The van der Waals surface area contributed by atoms with Crippen molar-refractivity contribution in [1.82, 2.24) is 9.78 Å². The zero-order valence-electron chi connectivity index (χ0n) is 17.9. The van der Waals surface area contributed by atoms with E-state index in [4.69, 9.17) is 4.74 Å². The molecule has 0 saturated carbocycles. The van der Waals surface area contributed by atoms with Gasteiger partial charge in [0, 0.05) is 24.0 Å². The summed E-state index contributed by atoms with van der Waals surface area (Å²) in [6, 6.07) is 13.7. The first-order chi connectivity index (χ1) is 15.3. The highest BCUT2D eigenvalue weighted by Crippen LogP contribution is 2.23. The molecule has 0 aliphatic rings. The Morgan fingerprint density at radius 1 is 1.09 bits per heavy atom. The van der Waals surface area contributed by atoms with Gasteiger partial charge < -0.3 is 15.4 Å². The number of nitro groups is 1. The van der Waals surface area contributed by atoms with E-state index in [0.29, 0.717) is 34.9 Å². The second-order valence-corrected chi connectivity index (χ2v) is 7.15. The fourth-order valence-corrected chi connectivity index (χ4v) is 3.25. The maximum Gasteiger partial charge on any atom is 0.312 e. The van der Waals surface area contributed by atoms with Crippen LogP contribution in [-0.2, 0) is 16.1 Å². The van der Waals surface area contributed by atoms with Gasteiger partial charge in [-0.15, -0.1) is 0 Å². The third-order valence-electron chi connectivity index (χ3n) is 4.75. The van der Waals surface area contributed by atoms with Crippen LogP contribution in [0, 0.1) is 24.0 Å². The number of anilines is 2. The van der Waals surface area contributed by atoms with E-state index in [-0.39, 0.29) is 24.1 Å². The molecule has 0 aliphatic carbocycles. The topological polar surface area (TPSA) is 128 Å². The number of aromatic nitrogens is 2. The smallest absolute Gasteiger partial charge is 0.312 e. The summed E-state index contributed by atoms with van der Waals surface area (Å²) in [5.74, 6) is -0.599. The van der Waals surface area contributed by atoms with Gasteiger partial charge in [0.25, 0.3) is 5.91 Å². The van der Waals surface area contributed by atoms with E-state index in [9.17, 15) is 19.7 Å². The number of hydrogen-bond acceptors (Lipinski definition) is 6. The van der Waals surface area contributed by atoms with Gasteiger partial charge in [0.2, 0.25) is 5.91 Å². The number of amides is 2. The van der Waals surface area contributed by atoms with E-state index in [1.165, 1.54) is 7.11 Å². The zero-order valence-corrected chi connectivity index (χ0v) is 17.9. The predicted molar refractivity (Wildman–Crippen MR) is 119 cm³/mol. The monoisotopic (exact) mass is 437 g/mol. The number of aryl methyl sites for hydroxylation is 1. The Hall–Kier alpha value is -4.05. The van der Waals surface area contributed by atoms with Gasteiger partial charge in [-0.2, -0.15) is 5.10 Å². The Bertz CT molecular complexity index is 1150. The Morgan fingerprint density at radius 2 is 1.75 bits per heavy atom. The third-order valence-corrected chi connectivity index (χ3v) is 4.75. The summed E-state index contributed by atoms with van der Waals surface area (Å²) in [6.45, 7) is 3.55. The van der Waals surface area contributed by atoms with Crippen molar-refractivity contribution in [2.45, 2.75) is 20.4 Å². The van der Waals surface area contributed by atoms with Gasteiger partial charge >= 0.3 is 5.69 Å². The van der Waals surface area contributed by atoms with Crippen molar-refractivity contribution in [3.05, 3.63) is 81.2 Å². The molecule has 0 bridgehead atoms. The van der Waals surface area contributed by atoms with E-state index in [1.807, 2.05) is 0 Å². The number of ether oxygens (including phenoxy) is 1. The number of hydrogen-bond donors (Lipinski definition) is 2. The largest absolute Gasteiger partial charge is 0.375 e. The number of methoxy groups -OCH3 is 1. The van der Waals surface area contributed by atoms with Crippen molar-refractivity contribution in [2.24, 2.45) is 0 Å². The summed E-state index contributed by atoms with van der Waals surface area (Å²) < 4.78 is 6.36. The highest BCUT2D eigenvalue weighted by atomic mass is 16.6. The molecular formula is C22H23N5O5. The van der Waals surface area contributed by atoms with Crippen molar-refractivity contribution >= 4 is 28.9 Å². The molecule has 32 heavy (non-hydrogen) atoms. The van der Waals surface area contributed by atoms with Crippen LogP contribution in [0.3, 0.4) is 0 Å². The molecule has 3 aromatic rings. The van der Waals surface area contributed by atoms with Crippen LogP contribution in [0.4, 0.5) is 17.1 Å². The van der Waals surface area contributed by atoms with Gasteiger partial charge in [-0.25, -0.2) is 0 Å². The molecule has 2 aromatic carbocycles. The lowest BCUT2D eigenvalue weighted by molar-refractivity contribution is -0.386. The van der Waals surface area contributed by atoms with Gasteiger partial charge in [0.15, 0.2) is 0 Å². The summed E-state index contributed by atoms with van der Waals surface area (Å²) in [5.41, 5.74) is 3.23. The van der Waals surface area contributed by atoms with Crippen LogP contribution in [0.5, 0.6) is 0 Å². The SMILES string of the molecule is COCC(=O)Nc1cccc(NC(=O)c2ccc(Cn3nc(C)c([N+](=O)[O-])c3C)cc2)c1. The number of rotatable bonds is 8. The van der Waals surface area contributed by atoms with E-state index in [1.54, 1.807) is 67.1 Å².